The van der Waals surface area contributed by atoms with Crippen LogP contribution in [0.1, 0.15) is 28.9 Å². The molecule has 118 valence electrons. The topological polar surface area (TPSA) is 56.3 Å². The second-order valence-corrected chi connectivity index (χ2v) is 6.31. The second kappa shape index (κ2) is 8.68. The van der Waals surface area contributed by atoms with Gasteiger partial charge in [0.25, 0.3) is 0 Å². The molecule has 21 heavy (non-hydrogen) atoms. The van der Waals surface area contributed by atoms with Gasteiger partial charge in [-0.15, -0.1) is 0 Å². The number of rotatable bonds is 7. The van der Waals surface area contributed by atoms with E-state index in [0.29, 0.717) is 0 Å². The monoisotopic (exact) mass is 311 g/mol. The minimum atomic E-state index is 0.0510. The highest BCUT2D eigenvalue weighted by Gasteiger charge is 2.21. The molecule has 1 aliphatic rings. The first-order valence-electron chi connectivity index (χ1n) is 7.45. The molecule has 1 aromatic heterocycles. The third kappa shape index (κ3) is 4.92. The Balaban J connectivity index is 1.96. The minimum Gasteiger partial charge on any atom is -0.383 e. The van der Waals surface area contributed by atoms with Crippen LogP contribution in [0.4, 0.5) is 0 Å². The number of aromatic nitrogens is 2. The molecule has 1 fully saturated rings. The molecule has 1 atom stereocenters. The van der Waals surface area contributed by atoms with Gasteiger partial charge in [-0.2, -0.15) is 11.8 Å². The van der Waals surface area contributed by atoms with Crippen molar-refractivity contribution in [3.8, 4) is 0 Å². The summed E-state index contributed by atoms with van der Waals surface area (Å²) in [7, 11) is 1.72. The predicted octanol–water partition coefficient (Wildman–Crippen LogP) is 1.68. The van der Waals surface area contributed by atoms with Crippen LogP contribution >= 0.6 is 11.8 Å². The molecular formula is C15H25N3O2S. The summed E-state index contributed by atoms with van der Waals surface area (Å²) in [6.45, 7) is 7.47. The highest BCUT2D eigenvalue weighted by molar-refractivity contribution is 7.99. The summed E-state index contributed by atoms with van der Waals surface area (Å²) >= 11 is 1.91. The molecule has 1 unspecified atom stereocenters. The molecule has 6 heteroatoms. The maximum atomic E-state index is 5.77. The molecular weight excluding hydrogens is 286 g/mol. The van der Waals surface area contributed by atoms with Crippen molar-refractivity contribution in [3.05, 3.63) is 22.8 Å². The van der Waals surface area contributed by atoms with E-state index in [-0.39, 0.29) is 6.10 Å². The number of aryl methyl sites for hydroxylation is 2. The average molecular weight is 311 g/mol. The Morgan fingerprint density at radius 1 is 1.29 bits per heavy atom. The molecule has 1 saturated heterocycles. The van der Waals surface area contributed by atoms with Crippen LogP contribution in [0.2, 0.25) is 0 Å². The Bertz CT molecular complexity index is 428. The number of hydrogen-bond donors (Lipinski definition) is 1. The van der Waals surface area contributed by atoms with Crippen LogP contribution in [-0.2, 0) is 15.9 Å². The Morgan fingerprint density at radius 2 is 2.05 bits per heavy atom. The van der Waals surface area contributed by atoms with Crippen LogP contribution < -0.4 is 5.32 Å². The largest absolute Gasteiger partial charge is 0.383 e. The molecule has 0 aromatic carbocycles. The third-order valence-corrected chi connectivity index (χ3v) is 4.57. The van der Waals surface area contributed by atoms with Crippen molar-refractivity contribution >= 4 is 11.8 Å². The van der Waals surface area contributed by atoms with Gasteiger partial charge in [-0.1, -0.05) is 0 Å². The lowest BCUT2D eigenvalue weighted by Gasteiger charge is -2.22. The molecule has 1 aromatic rings. The van der Waals surface area contributed by atoms with Gasteiger partial charge in [-0.25, -0.2) is 9.97 Å². The molecule has 5 nitrogen and oxygen atoms in total. The first-order chi connectivity index (χ1) is 10.2. The predicted molar refractivity (Wildman–Crippen MR) is 86.0 cm³/mol. The lowest BCUT2D eigenvalue weighted by Crippen LogP contribution is -2.23. The van der Waals surface area contributed by atoms with E-state index in [4.69, 9.17) is 9.47 Å². The molecule has 0 saturated carbocycles. The molecule has 2 rings (SSSR count). The van der Waals surface area contributed by atoms with E-state index < -0.39 is 0 Å². The zero-order chi connectivity index (χ0) is 15.1. The molecule has 1 aliphatic heterocycles. The zero-order valence-corrected chi connectivity index (χ0v) is 14.0. The fourth-order valence-corrected chi connectivity index (χ4v) is 3.26. The van der Waals surface area contributed by atoms with Gasteiger partial charge in [0.2, 0.25) is 0 Å². The normalized spacial score (nSPS) is 18.9. The molecule has 0 bridgehead atoms. The summed E-state index contributed by atoms with van der Waals surface area (Å²) in [4.78, 5) is 9.34. The molecule has 0 radical (unpaired) electrons. The smallest absolute Gasteiger partial charge is 0.158 e. The van der Waals surface area contributed by atoms with Crippen molar-refractivity contribution in [2.75, 3.05) is 44.9 Å². The number of hydrogen-bond acceptors (Lipinski definition) is 6. The summed E-state index contributed by atoms with van der Waals surface area (Å²) in [5, 5.41) is 3.36. The standard InChI is InChI=1S/C15H25N3O2S/c1-11-13(4-5-16-6-7-19-3)12(2)18-15(17-11)14-10-21-9-8-20-14/h14,16H,4-10H2,1-3H3. The Kier molecular flexibility index (Phi) is 6.89. The van der Waals surface area contributed by atoms with Crippen LogP contribution in [0, 0.1) is 13.8 Å². The Hall–Kier alpha value is -0.690. The number of ether oxygens (including phenoxy) is 2. The fraction of sp³-hybridized carbons (Fsp3) is 0.733. The van der Waals surface area contributed by atoms with E-state index in [1.54, 1.807) is 7.11 Å². The molecule has 1 N–H and O–H groups in total. The van der Waals surface area contributed by atoms with Crippen molar-refractivity contribution in [2.24, 2.45) is 0 Å². The van der Waals surface area contributed by atoms with Gasteiger partial charge in [0.1, 0.15) is 6.10 Å². The van der Waals surface area contributed by atoms with Gasteiger partial charge in [-0.3, -0.25) is 0 Å². The van der Waals surface area contributed by atoms with E-state index in [1.165, 1.54) is 5.56 Å². The van der Waals surface area contributed by atoms with Crippen LogP contribution in [0.3, 0.4) is 0 Å². The van der Waals surface area contributed by atoms with Gasteiger partial charge in [-0.05, 0) is 32.4 Å². The van der Waals surface area contributed by atoms with E-state index in [1.807, 2.05) is 11.8 Å². The third-order valence-electron chi connectivity index (χ3n) is 3.58. The van der Waals surface area contributed by atoms with Gasteiger partial charge in [0.15, 0.2) is 5.82 Å². The summed E-state index contributed by atoms with van der Waals surface area (Å²) in [6, 6.07) is 0. The molecule has 0 aliphatic carbocycles. The number of nitrogens with zero attached hydrogens (tertiary/aromatic N) is 2. The number of nitrogens with one attached hydrogen (secondary N) is 1. The van der Waals surface area contributed by atoms with Crippen molar-refractivity contribution in [1.82, 2.24) is 15.3 Å². The van der Waals surface area contributed by atoms with Gasteiger partial charge in [0.05, 0.1) is 13.2 Å². The Morgan fingerprint density at radius 3 is 2.67 bits per heavy atom. The lowest BCUT2D eigenvalue weighted by molar-refractivity contribution is 0.0691. The summed E-state index contributed by atoms with van der Waals surface area (Å²) < 4.78 is 10.8. The van der Waals surface area contributed by atoms with Gasteiger partial charge in [0, 0.05) is 36.5 Å². The van der Waals surface area contributed by atoms with Crippen molar-refractivity contribution in [1.29, 1.82) is 0 Å². The SMILES string of the molecule is COCCNCCc1c(C)nc(C2CSCCO2)nc1C. The summed E-state index contributed by atoms with van der Waals surface area (Å²) in [5.74, 6) is 2.87. The van der Waals surface area contributed by atoms with Crippen molar-refractivity contribution < 1.29 is 9.47 Å². The van der Waals surface area contributed by atoms with Crippen LogP contribution in [0.5, 0.6) is 0 Å². The molecule has 2 heterocycles. The van der Waals surface area contributed by atoms with E-state index in [9.17, 15) is 0 Å². The second-order valence-electron chi connectivity index (χ2n) is 5.16. The highest BCUT2D eigenvalue weighted by Crippen LogP contribution is 2.25. The summed E-state index contributed by atoms with van der Waals surface area (Å²) in [6.07, 6.45) is 0.997. The average Bonchev–Trinajstić information content (AvgIpc) is 2.50. The highest BCUT2D eigenvalue weighted by atomic mass is 32.2. The first-order valence-corrected chi connectivity index (χ1v) is 8.61. The first kappa shape index (κ1) is 16.7. The maximum absolute atomic E-state index is 5.77. The number of thioether (sulfide) groups is 1. The van der Waals surface area contributed by atoms with E-state index in [2.05, 4.69) is 29.1 Å². The van der Waals surface area contributed by atoms with Crippen molar-refractivity contribution in [2.45, 2.75) is 26.4 Å². The molecule has 0 spiro atoms. The van der Waals surface area contributed by atoms with Gasteiger partial charge >= 0.3 is 0 Å². The fourth-order valence-electron chi connectivity index (χ4n) is 2.42. The zero-order valence-electron chi connectivity index (χ0n) is 13.1. The van der Waals surface area contributed by atoms with Crippen LogP contribution in [-0.4, -0.2) is 54.9 Å². The van der Waals surface area contributed by atoms with Crippen LogP contribution in [0.15, 0.2) is 0 Å². The van der Waals surface area contributed by atoms with Gasteiger partial charge < -0.3 is 14.8 Å². The number of methoxy groups -OCH3 is 1. The quantitative estimate of drug-likeness (QED) is 0.773. The summed E-state index contributed by atoms with van der Waals surface area (Å²) in [5.41, 5.74) is 3.39. The minimum absolute atomic E-state index is 0.0510. The molecule has 0 amide bonds. The Labute approximate surface area is 131 Å². The maximum Gasteiger partial charge on any atom is 0.158 e. The van der Waals surface area contributed by atoms with Crippen molar-refractivity contribution in [3.63, 3.8) is 0 Å². The van der Waals surface area contributed by atoms with E-state index >= 15 is 0 Å². The van der Waals surface area contributed by atoms with E-state index in [0.717, 1.165) is 61.4 Å². The lowest BCUT2D eigenvalue weighted by atomic mass is 10.1. The van der Waals surface area contributed by atoms with Crippen LogP contribution in [0.25, 0.3) is 0 Å².